The molecule has 1 atom stereocenters. The van der Waals surface area contributed by atoms with E-state index < -0.39 is 0 Å². The Morgan fingerprint density at radius 3 is 2.78 bits per heavy atom. The van der Waals surface area contributed by atoms with Gasteiger partial charge in [0.2, 0.25) is 0 Å². The van der Waals surface area contributed by atoms with Crippen molar-refractivity contribution in [2.45, 2.75) is 39.8 Å². The van der Waals surface area contributed by atoms with Gasteiger partial charge >= 0.3 is 0 Å². The summed E-state index contributed by atoms with van der Waals surface area (Å²) >= 11 is 3.40. The molecule has 0 spiro atoms. The molecular formula is C13H22BrN3O. The maximum absolute atomic E-state index is 12.1. The molecule has 1 aromatic heterocycles. The number of hydrogen-bond donors (Lipinski definition) is 2. The van der Waals surface area contributed by atoms with Gasteiger partial charge in [-0.25, -0.2) is 0 Å². The summed E-state index contributed by atoms with van der Waals surface area (Å²) in [5, 5.41) is 2.89. The SMILES string of the molecule is CCCn1cc(Br)cc1C(=O)NCC(N)C(C)C. The van der Waals surface area contributed by atoms with E-state index in [0.29, 0.717) is 18.2 Å². The van der Waals surface area contributed by atoms with Crippen molar-refractivity contribution < 1.29 is 4.79 Å². The fourth-order valence-electron chi connectivity index (χ4n) is 1.63. The Hall–Kier alpha value is -0.810. The van der Waals surface area contributed by atoms with Crippen LogP contribution in [0, 0.1) is 5.92 Å². The van der Waals surface area contributed by atoms with Crippen molar-refractivity contribution in [3.05, 3.63) is 22.4 Å². The molecule has 1 amide bonds. The lowest BCUT2D eigenvalue weighted by Crippen LogP contribution is -2.40. The van der Waals surface area contributed by atoms with Crippen LogP contribution in [0.15, 0.2) is 16.7 Å². The molecule has 0 aliphatic rings. The second-order valence-corrected chi connectivity index (χ2v) is 5.77. The molecule has 0 radical (unpaired) electrons. The van der Waals surface area contributed by atoms with Gasteiger partial charge < -0.3 is 15.6 Å². The number of rotatable bonds is 6. The molecule has 1 heterocycles. The van der Waals surface area contributed by atoms with Crippen LogP contribution in [-0.4, -0.2) is 23.1 Å². The lowest BCUT2D eigenvalue weighted by Gasteiger charge is -2.16. The van der Waals surface area contributed by atoms with Crippen molar-refractivity contribution in [1.29, 1.82) is 0 Å². The number of amides is 1. The van der Waals surface area contributed by atoms with Crippen molar-refractivity contribution in [2.24, 2.45) is 11.7 Å². The molecule has 3 N–H and O–H groups in total. The van der Waals surface area contributed by atoms with E-state index in [0.717, 1.165) is 17.4 Å². The van der Waals surface area contributed by atoms with Crippen LogP contribution >= 0.6 is 15.9 Å². The molecule has 0 fully saturated rings. The first-order chi connectivity index (χ1) is 8.45. The molecule has 5 heteroatoms. The Kier molecular flexibility index (Phi) is 5.88. The largest absolute Gasteiger partial charge is 0.349 e. The summed E-state index contributed by atoms with van der Waals surface area (Å²) in [6, 6.07) is 1.83. The van der Waals surface area contributed by atoms with E-state index >= 15 is 0 Å². The molecule has 0 aliphatic heterocycles. The number of carbonyl (C=O) groups excluding carboxylic acids is 1. The summed E-state index contributed by atoms with van der Waals surface area (Å²) in [4.78, 5) is 12.1. The second-order valence-electron chi connectivity index (χ2n) is 4.85. The number of aromatic nitrogens is 1. The highest BCUT2D eigenvalue weighted by Gasteiger charge is 2.14. The number of nitrogens with zero attached hydrogens (tertiary/aromatic N) is 1. The molecule has 1 unspecified atom stereocenters. The summed E-state index contributed by atoms with van der Waals surface area (Å²) in [6.45, 7) is 7.53. The van der Waals surface area contributed by atoms with Crippen LogP contribution in [0.25, 0.3) is 0 Å². The monoisotopic (exact) mass is 315 g/mol. The average Bonchev–Trinajstić information content (AvgIpc) is 2.67. The summed E-state index contributed by atoms with van der Waals surface area (Å²) in [5.74, 6) is 0.296. The van der Waals surface area contributed by atoms with Gasteiger partial charge in [0, 0.05) is 29.8 Å². The topological polar surface area (TPSA) is 60.0 Å². The third-order valence-electron chi connectivity index (χ3n) is 2.91. The lowest BCUT2D eigenvalue weighted by atomic mass is 10.1. The van der Waals surface area contributed by atoms with Crippen molar-refractivity contribution in [2.75, 3.05) is 6.54 Å². The number of nitrogens with two attached hydrogens (primary N) is 1. The highest BCUT2D eigenvalue weighted by molar-refractivity contribution is 9.10. The molecule has 0 aromatic carbocycles. The van der Waals surface area contributed by atoms with Crippen LogP contribution in [-0.2, 0) is 6.54 Å². The van der Waals surface area contributed by atoms with Gasteiger partial charge in [0.25, 0.3) is 5.91 Å². The van der Waals surface area contributed by atoms with E-state index in [2.05, 4.69) is 28.2 Å². The van der Waals surface area contributed by atoms with Crippen molar-refractivity contribution >= 4 is 21.8 Å². The van der Waals surface area contributed by atoms with Crippen LogP contribution in [0.4, 0.5) is 0 Å². The molecule has 102 valence electrons. The minimum atomic E-state index is -0.0646. The third-order valence-corrected chi connectivity index (χ3v) is 3.35. The van der Waals surface area contributed by atoms with Crippen molar-refractivity contribution in [3.8, 4) is 0 Å². The van der Waals surface area contributed by atoms with Crippen molar-refractivity contribution in [3.63, 3.8) is 0 Å². The number of aryl methyl sites for hydroxylation is 1. The molecule has 18 heavy (non-hydrogen) atoms. The number of halogens is 1. The fourth-order valence-corrected chi connectivity index (χ4v) is 2.09. The quantitative estimate of drug-likeness (QED) is 0.846. The van der Waals surface area contributed by atoms with Gasteiger partial charge in [0.15, 0.2) is 0 Å². The smallest absolute Gasteiger partial charge is 0.268 e. The molecule has 1 aromatic rings. The third kappa shape index (κ3) is 4.14. The first kappa shape index (κ1) is 15.2. The Morgan fingerprint density at radius 1 is 1.56 bits per heavy atom. The van der Waals surface area contributed by atoms with Gasteiger partial charge in [-0.3, -0.25) is 4.79 Å². The van der Waals surface area contributed by atoms with Gasteiger partial charge in [0.05, 0.1) is 0 Å². The highest BCUT2D eigenvalue weighted by atomic mass is 79.9. The van der Waals surface area contributed by atoms with Gasteiger partial charge in [-0.1, -0.05) is 20.8 Å². The molecule has 1 rings (SSSR count). The first-order valence-electron chi connectivity index (χ1n) is 6.35. The molecular weight excluding hydrogens is 294 g/mol. The normalized spacial score (nSPS) is 12.8. The molecule has 0 bridgehead atoms. The zero-order chi connectivity index (χ0) is 13.7. The minimum absolute atomic E-state index is 0.00743. The predicted octanol–water partition coefficient (Wildman–Crippen LogP) is 2.37. The van der Waals surface area contributed by atoms with Crippen LogP contribution in [0.5, 0.6) is 0 Å². The van der Waals surface area contributed by atoms with Gasteiger partial charge in [0.1, 0.15) is 5.69 Å². The molecule has 4 nitrogen and oxygen atoms in total. The summed E-state index contributed by atoms with van der Waals surface area (Å²) < 4.78 is 2.88. The van der Waals surface area contributed by atoms with Gasteiger partial charge in [-0.15, -0.1) is 0 Å². The number of carbonyl (C=O) groups is 1. The van der Waals surface area contributed by atoms with Crippen molar-refractivity contribution in [1.82, 2.24) is 9.88 Å². The Bertz CT molecular complexity index is 401. The minimum Gasteiger partial charge on any atom is -0.349 e. The van der Waals surface area contributed by atoms with E-state index in [1.165, 1.54) is 0 Å². The maximum atomic E-state index is 12.1. The first-order valence-corrected chi connectivity index (χ1v) is 7.14. The average molecular weight is 316 g/mol. The zero-order valence-electron chi connectivity index (χ0n) is 11.2. The van der Waals surface area contributed by atoms with Gasteiger partial charge in [-0.2, -0.15) is 0 Å². The maximum Gasteiger partial charge on any atom is 0.268 e. The second kappa shape index (κ2) is 6.95. The summed E-state index contributed by atoms with van der Waals surface area (Å²) in [7, 11) is 0. The van der Waals surface area contributed by atoms with Crippen LogP contribution < -0.4 is 11.1 Å². The Morgan fingerprint density at radius 2 is 2.22 bits per heavy atom. The predicted molar refractivity (Wildman–Crippen MR) is 77.6 cm³/mol. The Balaban J connectivity index is 2.66. The van der Waals surface area contributed by atoms with E-state index in [9.17, 15) is 4.79 Å². The summed E-state index contributed by atoms with van der Waals surface area (Å²) in [6.07, 6.45) is 2.92. The standard InChI is InChI=1S/C13H22BrN3O/c1-4-5-17-8-10(14)6-12(17)13(18)16-7-11(15)9(2)3/h6,8-9,11H,4-5,7,15H2,1-3H3,(H,16,18). The Labute approximate surface area is 117 Å². The lowest BCUT2D eigenvalue weighted by molar-refractivity contribution is 0.0940. The van der Waals surface area contributed by atoms with E-state index in [4.69, 9.17) is 5.73 Å². The van der Waals surface area contributed by atoms with Gasteiger partial charge in [-0.05, 0) is 34.3 Å². The molecule has 0 saturated heterocycles. The van der Waals surface area contributed by atoms with Crippen LogP contribution in [0.3, 0.4) is 0 Å². The van der Waals surface area contributed by atoms with E-state index in [1.54, 1.807) is 0 Å². The molecule has 0 saturated carbocycles. The number of nitrogens with one attached hydrogen (secondary N) is 1. The highest BCUT2D eigenvalue weighted by Crippen LogP contribution is 2.15. The molecule has 0 aliphatic carbocycles. The van der Waals surface area contributed by atoms with Crippen LogP contribution in [0.2, 0.25) is 0 Å². The summed E-state index contributed by atoms with van der Waals surface area (Å²) in [5.41, 5.74) is 6.59. The van der Waals surface area contributed by atoms with Crippen LogP contribution in [0.1, 0.15) is 37.7 Å². The fraction of sp³-hybridized carbons (Fsp3) is 0.615. The number of hydrogen-bond acceptors (Lipinski definition) is 2. The van der Waals surface area contributed by atoms with E-state index in [1.807, 2.05) is 30.7 Å². The zero-order valence-corrected chi connectivity index (χ0v) is 12.8. The van der Waals surface area contributed by atoms with E-state index in [-0.39, 0.29) is 11.9 Å².